The molecule has 2 N–H and O–H groups in total. The maximum Gasteiger partial charge on any atom is 0.262 e. The van der Waals surface area contributed by atoms with Gasteiger partial charge in [0.25, 0.3) is 10.0 Å². The van der Waals surface area contributed by atoms with E-state index in [0.29, 0.717) is 17.1 Å². The second-order valence-corrected chi connectivity index (χ2v) is 6.72. The summed E-state index contributed by atoms with van der Waals surface area (Å²) in [6.07, 6.45) is 0. The van der Waals surface area contributed by atoms with Crippen LogP contribution in [-0.4, -0.2) is 15.5 Å². The fourth-order valence-corrected chi connectivity index (χ4v) is 3.15. The second kappa shape index (κ2) is 8.39. The molecule has 0 aliphatic heterocycles. The standard InChI is InChI=1S/C18H13N5O3S/c1-26-18-5-3-2-4-16(18)23-27(24,25)15-8-6-14(7-9-15)22-17(12-21)13(10-19)11-20/h2-9,22-23H,1H3. The molecule has 0 saturated carbocycles. The number of ether oxygens (including phenoxy) is 1. The van der Waals surface area contributed by atoms with Gasteiger partial charge in [-0.2, -0.15) is 15.8 Å². The quantitative estimate of drug-likeness (QED) is 0.736. The molecule has 0 radical (unpaired) electrons. The van der Waals surface area contributed by atoms with Crippen LogP contribution in [0.25, 0.3) is 0 Å². The molecule has 0 spiro atoms. The van der Waals surface area contributed by atoms with Crippen LogP contribution in [0.15, 0.2) is 64.7 Å². The summed E-state index contributed by atoms with van der Waals surface area (Å²) in [5.74, 6) is 0.378. The van der Waals surface area contributed by atoms with Crippen LogP contribution in [0.4, 0.5) is 11.4 Å². The molecule has 0 aromatic heterocycles. The monoisotopic (exact) mass is 379 g/mol. The van der Waals surface area contributed by atoms with E-state index in [1.165, 1.54) is 31.4 Å². The molecule has 0 aliphatic rings. The smallest absolute Gasteiger partial charge is 0.262 e. The Kier molecular flexibility index (Phi) is 6.01. The molecule has 134 valence electrons. The van der Waals surface area contributed by atoms with Gasteiger partial charge in [-0.3, -0.25) is 4.72 Å². The van der Waals surface area contributed by atoms with Crippen molar-refractivity contribution >= 4 is 21.4 Å². The fraction of sp³-hybridized carbons (Fsp3) is 0.0556. The minimum absolute atomic E-state index is 0.0118. The van der Waals surface area contributed by atoms with Gasteiger partial charge in [0, 0.05) is 5.69 Å². The number of benzene rings is 2. The minimum Gasteiger partial charge on any atom is -0.495 e. The Balaban J connectivity index is 2.27. The third-order valence-corrected chi connectivity index (χ3v) is 4.75. The number of methoxy groups -OCH3 is 1. The number of hydrogen-bond acceptors (Lipinski definition) is 7. The Labute approximate surface area is 156 Å². The molecule has 2 rings (SSSR count). The Morgan fingerprint density at radius 2 is 1.59 bits per heavy atom. The van der Waals surface area contributed by atoms with Crippen molar-refractivity contribution in [3.05, 3.63) is 59.8 Å². The van der Waals surface area contributed by atoms with Gasteiger partial charge in [-0.25, -0.2) is 8.42 Å². The maximum absolute atomic E-state index is 12.5. The number of nitrogens with one attached hydrogen (secondary N) is 2. The van der Waals surface area contributed by atoms with Crippen molar-refractivity contribution in [2.24, 2.45) is 0 Å². The fourth-order valence-electron chi connectivity index (χ4n) is 2.08. The zero-order valence-corrected chi connectivity index (χ0v) is 14.9. The van der Waals surface area contributed by atoms with E-state index in [1.807, 2.05) is 0 Å². The SMILES string of the molecule is COc1ccccc1NS(=O)(=O)c1ccc(NC(C#N)=C(C#N)C#N)cc1. The first-order valence-corrected chi connectivity index (χ1v) is 8.91. The van der Waals surface area contributed by atoms with Crippen LogP contribution >= 0.6 is 0 Å². The van der Waals surface area contributed by atoms with Crippen LogP contribution in [0.5, 0.6) is 5.75 Å². The van der Waals surface area contributed by atoms with Gasteiger partial charge >= 0.3 is 0 Å². The largest absolute Gasteiger partial charge is 0.495 e. The summed E-state index contributed by atoms with van der Waals surface area (Å²) in [4.78, 5) is -0.0118. The van der Waals surface area contributed by atoms with Crippen LogP contribution in [0.2, 0.25) is 0 Å². The molecule has 0 atom stereocenters. The number of nitrogens with zero attached hydrogens (tertiary/aromatic N) is 3. The number of para-hydroxylation sites is 2. The first-order valence-electron chi connectivity index (χ1n) is 7.42. The molecule has 8 nitrogen and oxygen atoms in total. The van der Waals surface area contributed by atoms with Gasteiger partial charge in [0.2, 0.25) is 0 Å². The van der Waals surface area contributed by atoms with E-state index in [0.717, 1.165) is 0 Å². The summed E-state index contributed by atoms with van der Waals surface area (Å²) < 4.78 is 32.6. The van der Waals surface area contributed by atoms with Crippen molar-refractivity contribution in [1.29, 1.82) is 15.8 Å². The van der Waals surface area contributed by atoms with Crippen molar-refractivity contribution in [3.8, 4) is 24.0 Å². The Bertz CT molecular complexity index is 1090. The summed E-state index contributed by atoms with van der Waals surface area (Å²) in [6, 6.07) is 17.0. The number of hydrogen-bond donors (Lipinski definition) is 2. The molecule has 0 saturated heterocycles. The average Bonchev–Trinajstić information content (AvgIpc) is 2.68. The molecule has 0 fully saturated rings. The highest BCUT2D eigenvalue weighted by Gasteiger charge is 2.16. The van der Waals surface area contributed by atoms with Crippen LogP contribution < -0.4 is 14.8 Å². The van der Waals surface area contributed by atoms with Gasteiger partial charge in [0.05, 0.1) is 17.7 Å². The molecular weight excluding hydrogens is 366 g/mol. The van der Waals surface area contributed by atoms with Gasteiger partial charge in [-0.15, -0.1) is 0 Å². The Hall–Kier alpha value is -4.00. The Morgan fingerprint density at radius 1 is 0.963 bits per heavy atom. The van der Waals surface area contributed by atoms with Crippen molar-refractivity contribution in [1.82, 2.24) is 0 Å². The van der Waals surface area contributed by atoms with Gasteiger partial charge < -0.3 is 10.1 Å². The molecule has 2 aromatic carbocycles. The van der Waals surface area contributed by atoms with Crippen LogP contribution in [-0.2, 0) is 10.0 Å². The van der Waals surface area contributed by atoms with E-state index >= 15 is 0 Å². The minimum atomic E-state index is -3.86. The summed E-state index contributed by atoms with van der Waals surface area (Å²) in [5, 5.41) is 29.3. The number of nitriles is 3. The van der Waals surface area contributed by atoms with Gasteiger partial charge in [-0.05, 0) is 36.4 Å². The molecule has 0 heterocycles. The zero-order chi connectivity index (χ0) is 19.9. The number of rotatable bonds is 6. The zero-order valence-electron chi connectivity index (χ0n) is 14.1. The molecule has 0 unspecified atom stereocenters. The lowest BCUT2D eigenvalue weighted by Gasteiger charge is -2.12. The molecule has 0 amide bonds. The van der Waals surface area contributed by atoms with Crippen molar-refractivity contribution < 1.29 is 13.2 Å². The van der Waals surface area contributed by atoms with Crippen molar-refractivity contribution in [2.75, 3.05) is 17.1 Å². The van der Waals surface area contributed by atoms with Gasteiger partial charge in [-0.1, -0.05) is 12.1 Å². The van der Waals surface area contributed by atoms with Gasteiger partial charge in [0.15, 0.2) is 5.57 Å². The van der Waals surface area contributed by atoms with E-state index in [-0.39, 0.29) is 16.2 Å². The summed E-state index contributed by atoms with van der Waals surface area (Å²) in [7, 11) is -2.43. The lowest BCUT2D eigenvalue weighted by Crippen LogP contribution is -2.13. The summed E-state index contributed by atoms with van der Waals surface area (Å²) in [6.45, 7) is 0. The number of allylic oxidation sites excluding steroid dienone is 2. The van der Waals surface area contributed by atoms with Crippen LogP contribution in [0, 0.1) is 34.0 Å². The highest BCUT2D eigenvalue weighted by atomic mass is 32.2. The third-order valence-electron chi connectivity index (χ3n) is 3.37. The summed E-state index contributed by atoms with van der Waals surface area (Å²) in [5.41, 5.74) is 0.0603. The van der Waals surface area contributed by atoms with E-state index in [9.17, 15) is 8.42 Å². The molecular formula is C18H13N5O3S. The normalized spacial score (nSPS) is 9.85. The first kappa shape index (κ1) is 19.3. The predicted molar refractivity (Wildman–Crippen MR) is 97.7 cm³/mol. The Morgan fingerprint density at radius 3 is 2.15 bits per heavy atom. The molecule has 27 heavy (non-hydrogen) atoms. The maximum atomic E-state index is 12.5. The number of sulfonamides is 1. The van der Waals surface area contributed by atoms with Crippen LogP contribution in [0.3, 0.4) is 0 Å². The van der Waals surface area contributed by atoms with Crippen LogP contribution in [0.1, 0.15) is 0 Å². The average molecular weight is 379 g/mol. The molecule has 0 bridgehead atoms. The first-order chi connectivity index (χ1) is 12.9. The highest BCUT2D eigenvalue weighted by Crippen LogP contribution is 2.26. The molecule has 9 heteroatoms. The topological polar surface area (TPSA) is 139 Å². The highest BCUT2D eigenvalue weighted by molar-refractivity contribution is 7.92. The van der Waals surface area contributed by atoms with Gasteiger partial charge in [0.1, 0.15) is 29.7 Å². The molecule has 2 aromatic rings. The number of anilines is 2. The van der Waals surface area contributed by atoms with E-state index < -0.39 is 10.0 Å². The second-order valence-electron chi connectivity index (χ2n) is 5.04. The predicted octanol–water partition coefficient (Wildman–Crippen LogP) is 2.73. The van der Waals surface area contributed by atoms with E-state index in [4.69, 9.17) is 20.5 Å². The van der Waals surface area contributed by atoms with E-state index in [2.05, 4.69) is 10.0 Å². The lowest BCUT2D eigenvalue weighted by molar-refractivity contribution is 0.417. The van der Waals surface area contributed by atoms with E-state index in [1.54, 1.807) is 42.5 Å². The summed E-state index contributed by atoms with van der Waals surface area (Å²) >= 11 is 0. The lowest BCUT2D eigenvalue weighted by atomic mass is 10.2. The van der Waals surface area contributed by atoms with Crippen molar-refractivity contribution in [3.63, 3.8) is 0 Å². The van der Waals surface area contributed by atoms with Crippen molar-refractivity contribution in [2.45, 2.75) is 4.90 Å². The third kappa shape index (κ3) is 4.55. The molecule has 0 aliphatic carbocycles.